The molecule has 7 heteroatoms. The van der Waals surface area contributed by atoms with Crippen molar-refractivity contribution >= 4 is 5.91 Å². The number of amides is 1. The van der Waals surface area contributed by atoms with Crippen molar-refractivity contribution in [3.8, 4) is 22.9 Å². The predicted octanol–water partition coefficient (Wildman–Crippen LogP) is 4.55. The summed E-state index contributed by atoms with van der Waals surface area (Å²) in [6.45, 7) is 6.62. The van der Waals surface area contributed by atoms with Crippen LogP contribution in [0.25, 0.3) is 11.4 Å². The highest BCUT2D eigenvalue weighted by molar-refractivity contribution is 5.94. The van der Waals surface area contributed by atoms with Crippen molar-refractivity contribution in [1.82, 2.24) is 15.0 Å². The average Bonchev–Trinajstić information content (AvgIpc) is 3.27. The Morgan fingerprint density at radius 2 is 1.81 bits per heavy atom. The zero-order valence-corrected chi connectivity index (χ0v) is 18.7. The van der Waals surface area contributed by atoms with E-state index in [-0.39, 0.29) is 11.9 Å². The number of nitrogens with zero attached hydrogens (tertiary/aromatic N) is 3. The lowest BCUT2D eigenvalue weighted by atomic mass is 10.1. The zero-order chi connectivity index (χ0) is 22.4. The van der Waals surface area contributed by atoms with E-state index in [1.165, 1.54) is 0 Å². The molecule has 2 aromatic carbocycles. The van der Waals surface area contributed by atoms with E-state index in [1.54, 1.807) is 26.4 Å². The van der Waals surface area contributed by atoms with Crippen molar-refractivity contribution in [2.75, 3.05) is 20.8 Å². The smallest absolute Gasteiger partial charge is 0.254 e. The van der Waals surface area contributed by atoms with Gasteiger partial charge in [-0.3, -0.25) is 4.79 Å². The fourth-order valence-electron chi connectivity index (χ4n) is 3.27. The van der Waals surface area contributed by atoms with Crippen molar-refractivity contribution in [2.24, 2.45) is 0 Å². The number of aryl methyl sites for hydroxylation is 1. The molecule has 0 unspecified atom stereocenters. The van der Waals surface area contributed by atoms with E-state index in [2.05, 4.69) is 24.0 Å². The number of aromatic nitrogens is 2. The molecule has 0 bridgehead atoms. The SMILES string of the molecule is CC[C@H](C)N(CCc1nc(-c2ccc(OC)c(OC)c2)no1)C(=O)c1ccc(C)cc1. The van der Waals surface area contributed by atoms with E-state index in [9.17, 15) is 4.79 Å². The summed E-state index contributed by atoms with van der Waals surface area (Å²) >= 11 is 0. The second-order valence-electron chi connectivity index (χ2n) is 7.45. The van der Waals surface area contributed by atoms with Gasteiger partial charge in [0.2, 0.25) is 11.7 Å². The lowest BCUT2D eigenvalue weighted by Gasteiger charge is -2.28. The maximum absolute atomic E-state index is 13.1. The van der Waals surface area contributed by atoms with Gasteiger partial charge in [0.1, 0.15) is 0 Å². The minimum atomic E-state index is 0.00831. The van der Waals surface area contributed by atoms with Crippen LogP contribution in [0.5, 0.6) is 11.5 Å². The van der Waals surface area contributed by atoms with E-state index < -0.39 is 0 Å². The predicted molar refractivity (Wildman–Crippen MR) is 119 cm³/mol. The molecular weight excluding hydrogens is 394 g/mol. The van der Waals surface area contributed by atoms with Crippen molar-refractivity contribution in [3.05, 3.63) is 59.5 Å². The normalized spacial score (nSPS) is 11.8. The summed E-state index contributed by atoms with van der Waals surface area (Å²) in [7, 11) is 3.17. The van der Waals surface area contributed by atoms with E-state index in [1.807, 2.05) is 42.2 Å². The standard InChI is InChI=1S/C24H29N3O4/c1-6-17(3)27(24(28)18-9-7-16(2)8-10-18)14-13-22-25-23(26-31-22)19-11-12-20(29-4)21(15-19)30-5/h7-12,15,17H,6,13-14H2,1-5H3/t17-/m0/s1. The van der Waals surface area contributed by atoms with Gasteiger partial charge in [0.05, 0.1) is 14.2 Å². The van der Waals surface area contributed by atoms with Crippen LogP contribution >= 0.6 is 0 Å². The Balaban J connectivity index is 1.73. The third-order valence-electron chi connectivity index (χ3n) is 5.36. The molecule has 1 amide bonds. The Kier molecular flexibility index (Phi) is 7.28. The molecule has 0 aliphatic heterocycles. The van der Waals surface area contributed by atoms with Gasteiger partial charge in [0.25, 0.3) is 5.91 Å². The van der Waals surface area contributed by atoms with Crippen LogP contribution < -0.4 is 9.47 Å². The molecule has 0 N–H and O–H groups in total. The summed E-state index contributed by atoms with van der Waals surface area (Å²) in [6, 6.07) is 13.2. The molecule has 0 radical (unpaired) electrons. The first-order chi connectivity index (χ1) is 15.0. The fourth-order valence-corrected chi connectivity index (χ4v) is 3.27. The van der Waals surface area contributed by atoms with Crippen molar-refractivity contribution < 1.29 is 18.8 Å². The first-order valence-corrected chi connectivity index (χ1v) is 10.4. The lowest BCUT2D eigenvalue weighted by Crippen LogP contribution is -2.39. The van der Waals surface area contributed by atoms with E-state index in [0.29, 0.717) is 41.7 Å². The van der Waals surface area contributed by atoms with Gasteiger partial charge in [-0.05, 0) is 50.6 Å². The molecule has 0 spiro atoms. The third-order valence-corrected chi connectivity index (χ3v) is 5.36. The highest BCUT2D eigenvalue weighted by Gasteiger charge is 2.21. The van der Waals surface area contributed by atoms with Crippen molar-refractivity contribution in [1.29, 1.82) is 0 Å². The van der Waals surface area contributed by atoms with Gasteiger partial charge in [-0.2, -0.15) is 4.98 Å². The Labute approximate surface area is 183 Å². The molecule has 0 fully saturated rings. The molecule has 3 aromatic rings. The molecule has 31 heavy (non-hydrogen) atoms. The molecule has 3 rings (SSSR count). The summed E-state index contributed by atoms with van der Waals surface area (Å²) in [4.78, 5) is 19.4. The minimum absolute atomic E-state index is 0.00831. The maximum Gasteiger partial charge on any atom is 0.254 e. The number of methoxy groups -OCH3 is 2. The number of hydrogen-bond donors (Lipinski definition) is 0. The Morgan fingerprint density at radius 3 is 2.45 bits per heavy atom. The van der Waals surface area contributed by atoms with Crippen LogP contribution in [0, 0.1) is 6.92 Å². The minimum Gasteiger partial charge on any atom is -0.493 e. The van der Waals surface area contributed by atoms with Gasteiger partial charge in [0.15, 0.2) is 11.5 Å². The number of carbonyl (C=O) groups is 1. The van der Waals surface area contributed by atoms with Crippen LogP contribution in [-0.2, 0) is 6.42 Å². The molecule has 1 atom stereocenters. The molecule has 0 aliphatic carbocycles. The van der Waals surface area contributed by atoms with Gasteiger partial charge in [-0.15, -0.1) is 0 Å². The van der Waals surface area contributed by atoms with E-state index in [0.717, 1.165) is 17.5 Å². The molecular formula is C24H29N3O4. The second-order valence-corrected chi connectivity index (χ2v) is 7.45. The number of hydrogen-bond acceptors (Lipinski definition) is 6. The van der Waals surface area contributed by atoms with Gasteiger partial charge in [-0.1, -0.05) is 29.8 Å². The van der Waals surface area contributed by atoms with Crippen LogP contribution in [0.3, 0.4) is 0 Å². The molecule has 164 valence electrons. The number of carbonyl (C=O) groups excluding carboxylic acids is 1. The lowest BCUT2D eigenvalue weighted by molar-refractivity contribution is 0.0686. The van der Waals surface area contributed by atoms with Crippen LogP contribution in [0.15, 0.2) is 47.0 Å². The summed E-state index contributed by atoms with van der Waals surface area (Å²) < 4.78 is 16.1. The molecule has 7 nitrogen and oxygen atoms in total. The molecule has 0 saturated carbocycles. The van der Waals surface area contributed by atoms with Gasteiger partial charge < -0.3 is 18.9 Å². The van der Waals surface area contributed by atoms with E-state index in [4.69, 9.17) is 14.0 Å². The summed E-state index contributed by atoms with van der Waals surface area (Å²) in [5.74, 6) is 2.19. The van der Waals surface area contributed by atoms with Crippen LogP contribution in [0.1, 0.15) is 42.1 Å². The highest BCUT2D eigenvalue weighted by atomic mass is 16.5. The Bertz CT molecular complexity index is 1010. The summed E-state index contributed by atoms with van der Waals surface area (Å²) in [5, 5.41) is 4.09. The van der Waals surface area contributed by atoms with E-state index >= 15 is 0 Å². The van der Waals surface area contributed by atoms with Crippen LogP contribution in [-0.4, -0.2) is 47.8 Å². The average molecular weight is 424 g/mol. The third kappa shape index (κ3) is 5.23. The van der Waals surface area contributed by atoms with Crippen molar-refractivity contribution in [2.45, 2.75) is 39.7 Å². The van der Waals surface area contributed by atoms with Gasteiger partial charge in [-0.25, -0.2) is 0 Å². The monoisotopic (exact) mass is 423 g/mol. The van der Waals surface area contributed by atoms with Crippen molar-refractivity contribution in [3.63, 3.8) is 0 Å². The quantitative estimate of drug-likeness (QED) is 0.503. The van der Waals surface area contributed by atoms with Crippen LogP contribution in [0.2, 0.25) is 0 Å². The van der Waals surface area contributed by atoms with Crippen LogP contribution in [0.4, 0.5) is 0 Å². The number of ether oxygens (including phenoxy) is 2. The zero-order valence-electron chi connectivity index (χ0n) is 18.7. The topological polar surface area (TPSA) is 77.7 Å². The number of rotatable bonds is 9. The molecule has 0 aliphatic rings. The number of benzene rings is 2. The first kappa shape index (κ1) is 22.3. The molecule has 1 heterocycles. The Morgan fingerprint density at radius 1 is 1.10 bits per heavy atom. The maximum atomic E-state index is 13.1. The highest BCUT2D eigenvalue weighted by Crippen LogP contribution is 2.31. The fraction of sp³-hybridized carbons (Fsp3) is 0.375. The Hall–Kier alpha value is -3.35. The second kappa shape index (κ2) is 10.1. The molecule has 1 aromatic heterocycles. The van der Waals surface area contributed by atoms with Gasteiger partial charge in [0, 0.05) is 30.1 Å². The summed E-state index contributed by atoms with van der Waals surface area (Å²) in [5.41, 5.74) is 2.57. The summed E-state index contributed by atoms with van der Waals surface area (Å²) in [6.07, 6.45) is 1.33. The largest absolute Gasteiger partial charge is 0.493 e. The molecule has 0 saturated heterocycles. The first-order valence-electron chi connectivity index (χ1n) is 10.4. The van der Waals surface area contributed by atoms with Gasteiger partial charge >= 0.3 is 0 Å².